The second kappa shape index (κ2) is 3.26. The molecule has 0 spiro atoms. The lowest BCUT2D eigenvalue weighted by Crippen LogP contribution is -2.34. The molecule has 1 aliphatic heterocycles. The Morgan fingerprint density at radius 3 is 2.77 bits per heavy atom. The summed E-state index contributed by atoms with van der Waals surface area (Å²) in [5.74, 6) is 1.01. The van der Waals surface area contributed by atoms with E-state index in [-0.39, 0.29) is 0 Å². The van der Waals surface area contributed by atoms with Gasteiger partial charge in [-0.05, 0) is 19.0 Å². The Balaban J connectivity index is 2.26. The third-order valence-corrected chi connectivity index (χ3v) is 2.44. The predicted molar refractivity (Wildman–Crippen MR) is 50.0 cm³/mol. The second-order valence-electron chi connectivity index (χ2n) is 3.22. The minimum atomic E-state index is 0.316. The minimum Gasteiger partial charge on any atom is -0.507 e. The van der Waals surface area contributed by atoms with Gasteiger partial charge in [0.05, 0.1) is 7.11 Å². The van der Waals surface area contributed by atoms with Crippen molar-refractivity contribution in [3.8, 4) is 11.5 Å². The van der Waals surface area contributed by atoms with Crippen molar-refractivity contribution in [1.29, 1.82) is 0 Å². The van der Waals surface area contributed by atoms with Crippen LogP contribution in [0.1, 0.15) is 18.0 Å². The second-order valence-corrected chi connectivity index (χ2v) is 3.22. The number of aromatic hydroxyl groups is 1. The maximum absolute atomic E-state index is 9.64. The summed E-state index contributed by atoms with van der Waals surface area (Å²) in [6.07, 6.45) is 1.10. The Hall–Kier alpha value is -1.22. The summed E-state index contributed by atoms with van der Waals surface area (Å²) in [4.78, 5) is 0. The summed E-state index contributed by atoms with van der Waals surface area (Å²) in [5, 5.41) is 12.9. The molecule has 0 aliphatic carbocycles. The Morgan fingerprint density at radius 2 is 2.31 bits per heavy atom. The molecular formula is C10H13NO2. The van der Waals surface area contributed by atoms with E-state index in [1.165, 1.54) is 0 Å². The zero-order valence-electron chi connectivity index (χ0n) is 7.58. The van der Waals surface area contributed by atoms with Gasteiger partial charge in [0.25, 0.3) is 0 Å². The molecular weight excluding hydrogens is 166 g/mol. The van der Waals surface area contributed by atoms with Crippen LogP contribution < -0.4 is 10.1 Å². The maximum Gasteiger partial charge on any atom is 0.124 e. The number of nitrogens with one attached hydrogen (secondary N) is 1. The standard InChI is InChI=1S/C10H13NO2/c1-13-7-2-3-8(10(12)6-7)9-4-5-11-9/h2-3,6,9,11-12H,4-5H2,1H3. The third-order valence-electron chi connectivity index (χ3n) is 2.44. The highest BCUT2D eigenvalue weighted by Crippen LogP contribution is 2.32. The maximum atomic E-state index is 9.64. The van der Waals surface area contributed by atoms with Crippen LogP contribution in [0, 0.1) is 0 Å². The van der Waals surface area contributed by atoms with Crippen LogP contribution in [0.15, 0.2) is 18.2 Å². The molecule has 1 aliphatic rings. The van der Waals surface area contributed by atoms with E-state index >= 15 is 0 Å². The van der Waals surface area contributed by atoms with Crippen LogP contribution in [0.5, 0.6) is 11.5 Å². The number of hydrogen-bond acceptors (Lipinski definition) is 3. The molecule has 2 N–H and O–H groups in total. The molecule has 1 aromatic rings. The number of benzene rings is 1. The summed E-state index contributed by atoms with van der Waals surface area (Å²) < 4.78 is 5.00. The molecule has 0 bridgehead atoms. The summed E-state index contributed by atoms with van der Waals surface area (Å²) in [5.41, 5.74) is 0.965. The van der Waals surface area contributed by atoms with Gasteiger partial charge < -0.3 is 15.2 Å². The molecule has 1 saturated heterocycles. The molecule has 1 atom stereocenters. The lowest BCUT2D eigenvalue weighted by Gasteiger charge is -2.28. The van der Waals surface area contributed by atoms with E-state index in [1.807, 2.05) is 12.1 Å². The van der Waals surface area contributed by atoms with E-state index in [0.29, 0.717) is 17.5 Å². The van der Waals surface area contributed by atoms with Gasteiger partial charge in [0, 0.05) is 17.7 Å². The largest absolute Gasteiger partial charge is 0.507 e. The summed E-state index contributed by atoms with van der Waals surface area (Å²) in [7, 11) is 1.59. The number of ether oxygens (including phenoxy) is 1. The highest BCUT2D eigenvalue weighted by atomic mass is 16.5. The van der Waals surface area contributed by atoms with Gasteiger partial charge in [-0.3, -0.25) is 0 Å². The Morgan fingerprint density at radius 1 is 1.54 bits per heavy atom. The highest BCUT2D eigenvalue weighted by Gasteiger charge is 2.21. The molecule has 3 heteroatoms. The molecule has 0 aromatic heterocycles. The molecule has 1 aromatic carbocycles. The topological polar surface area (TPSA) is 41.5 Å². The highest BCUT2D eigenvalue weighted by molar-refractivity contribution is 5.42. The van der Waals surface area contributed by atoms with E-state index in [4.69, 9.17) is 4.74 Å². The van der Waals surface area contributed by atoms with Crippen molar-refractivity contribution < 1.29 is 9.84 Å². The quantitative estimate of drug-likeness (QED) is 0.721. The van der Waals surface area contributed by atoms with E-state index in [2.05, 4.69) is 5.32 Å². The zero-order valence-corrected chi connectivity index (χ0v) is 7.58. The van der Waals surface area contributed by atoms with Crippen molar-refractivity contribution in [3.05, 3.63) is 23.8 Å². The number of rotatable bonds is 2. The van der Waals surface area contributed by atoms with Crippen LogP contribution in [-0.4, -0.2) is 18.8 Å². The van der Waals surface area contributed by atoms with Crippen LogP contribution in [0.25, 0.3) is 0 Å². The molecule has 1 fully saturated rings. The molecule has 0 radical (unpaired) electrons. The van der Waals surface area contributed by atoms with Crippen LogP contribution in [0.2, 0.25) is 0 Å². The molecule has 1 heterocycles. The van der Waals surface area contributed by atoms with Gasteiger partial charge in [0.15, 0.2) is 0 Å². The molecule has 70 valence electrons. The molecule has 13 heavy (non-hydrogen) atoms. The van der Waals surface area contributed by atoms with Crippen molar-refractivity contribution >= 4 is 0 Å². The zero-order chi connectivity index (χ0) is 9.26. The fraction of sp³-hybridized carbons (Fsp3) is 0.400. The molecule has 2 rings (SSSR count). The minimum absolute atomic E-state index is 0.316. The van der Waals surface area contributed by atoms with Gasteiger partial charge in [-0.25, -0.2) is 0 Å². The fourth-order valence-corrected chi connectivity index (χ4v) is 1.50. The van der Waals surface area contributed by atoms with Crippen molar-refractivity contribution in [3.63, 3.8) is 0 Å². The van der Waals surface area contributed by atoms with Crippen LogP contribution in [0.3, 0.4) is 0 Å². The monoisotopic (exact) mass is 179 g/mol. The van der Waals surface area contributed by atoms with Crippen molar-refractivity contribution in [1.82, 2.24) is 5.32 Å². The lowest BCUT2D eigenvalue weighted by atomic mass is 9.97. The fourth-order valence-electron chi connectivity index (χ4n) is 1.50. The molecule has 0 saturated carbocycles. The van der Waals surface area contributed by atoms with Gasteiger partial charge in [-0.2, -0.15) is 0 Å². The average Bonchev–Trinajstić information content (AvgIpc) is 2.05. The first-order valence-electron chi connectivity index (χ1n) is 4.41. The van der Waals surface area contributed by atoms with Crippen LogP contribution in [-0.2, 0) is 0 Å². The molecule has 1 unspecified atom stereocenters. The number of phenols is 1. The Bertz CT molecular complexity index is 308. The Kier molecular flexibility index (Phi) is 2.10. The third kappa shape index (κ3) is 1.47. The average molecular weight is 179 g/mol. The number of hydrogen-bond donors (Lipinski definition) is 2. The molecule has 0 amide bonds. The van der Waals surface area contributed by atoms with E-state index in [9.17, 15) is 5.11 Å². The van der Waals surface area contributed by atoms with E-state index in [1.54, 1.807) is 13.2 Å². The van der Waals surface area contributed by atoms with Crippen LogP contribution in [0.4, 0.5) is 0 Å². The van der Waals surface area contributed by atoms with Crippen molar-refractivity contribution in [2.24, 2.45) is 0 Å². The first-order valence-corrected chi connectivity index (χ1v) is 4.41. The van der Waals surface area contributed by atoms with Crippen molar-refractivity contribution in [2.75, 3.05) is 13.7 Å². The number of phenolic OH excluding ortho intramolecular Hbond substituents is 1. The lowest BCUT2D eigenvalue weighted by molar-refractivity contribution is 0.360. The van der Waals surface area contributed by atoms with Gasteiger partial charge in [0.2, 0.25) is 0 Å². The summed E-state index contributed by atoms with van der Waals surface area (Å²) in [6, 6.07) is 5.75. The first kappa shape index (κ1) is 8.38. The van der Waals surface area contributed by atoms with Crippen molar-refractivity contribution in [2.45, 2.75) is 12.5 Å². The summed E-state index contributed by atoms with van der Waals surface area (Å²) in [6.45, 7) is 1.04. The number of methoxy groups -OCH3 is 1. The normalized spacial score (nSPS) is 20.8. The van der Waals surface area contributed by atoms with Gasteiger partial charge in [-0.15, -0.1) is 0 Å². The predicted octanol–water partition coefficient (Wildman–Crippen LogP) is 1.44. The molecule has 3 nitrogen and oxygen atoms in total. The van der Waals surface area contributed by atoms with Gasteiger partial charge in [-0.1, -0.05) is 6.07 Å². The van der Waals surface area contributed by atoms with Crippen LogP contribution >= 0.6 is 0 Å². The van der Waals surface area contributed by atoms with Gasteiger partial charge >= 0.3 is 0 Å². The first-order chi connectivity index (χ1) is 6.31. The smallest absolute Gasteiger partial charge is 0.124 e. The van der Waals surface area contributed by atoms with Gasteiger partial charge in [0.1, 0.15) is 11.5 Å². The summed E-state index contributed by atoms with van der Waals surface area (Å²) >= 11 is 0. The SMILES string of the molecule is COc1ccc(C2CCN2)c(O)c1. The van der Waals surface area contributed by atoms with E-state index in [0.717, 1.165) is 18.5 Å². The Labute approximate surface area is 77.3 Å². The van der Waals surface area contributed by atoms with E-state index < -0.39 is 0 Å².